The molecule has 4 aromatic rings. The molecule has 4 rings (SSSR count). The Hall–Kier alpha value is -3.19. The van der Waals surface area contributed by atoms with Gasteiger partial charge in [0, 0.05) is 11.6 Å². The summed E-state index contributed by atoms with van der Waals surface area (Å²) in [6.07, 6.45) is 0. The standard InChI is InChI=1S/C19H15N3O3S/c1-12-5-4-6-13(9-12)15-10-18(25-21-15)20-17(23)11-22-19(24)14-7-2-3-8-16(14)26-22/h2-10H,11H2,1H3,(H,20,23). The summed E-state index contributed by atoms with van der Waals surface area (Å²) in [6.45, 7) is 1.92. The molecule has 2 heterocycles. The minimum absolute atomic E-state index is 0.0708. The number of hydrogen-bond acceptors (Lipinski definition) is 5. The molecule has 0 atom stereocenters. The number of hydrogen-bond donors (Lipinski definition) is 1. The fourth-order valence-corrected chi connectivity index (χ4v) is 3.70. The van der Waals surface area contributed by atoms with E-state index in [0.29, 0.717) is 11.1 Å². The fraction of sp³-hybridized carbons (Fsp3) is 0.105. The first-order valence-electron chi connectivity index (χ1n) is 8.02. The van der Waals surface area contributed by atoms with Crippen molar-refractivity contribution in [3.05, 3.63) is 70.5 Å². The zero-order chi connectivity index (χ0) is 18.1. The summed E-state index contributed by atoms with van der Waals surface area (Å²) in [5, 5.41) is 7.25. The van der Waals surface area contributed by atoms with Crippen LogP contribution in [0.4, 0.5) is 5.88 Å². The molecule has 2 aromatic heterocycles. The van der Waals surface area contributed by atoms with E-state index in [9.17, 15) is 9.59 Å². The summed E-state index contributed by atoms with van der Waals surface area (Å²) in [5.41, 5.74) is 2.50. The Balaban J connectivity index is 1.50. The molecule has 26 heavy (non-hydrogen) atoms. The highest BCUT2D eigenvalue weighted by molar-refractivity contribution is 7.13. The average Bonchev–Trinajstić information content (AvgIpc) is 3.21. The van der Waals surface area contributed by atoms with E-state index in [0.717, 1.165) is 15.8 Å². The molecule has 6 nitrogen and oxygen atoms in total. The van der Waals surface area contributed by atoms with E-state index in [1.165, 1.54) is 15.5 Å². The SMILES string of the molecule is Cc1cccc(-c2cc(NC(=O)Cn3sc4ccccc4c3=O)on2)c1. The number of rotatable bonds is 4. The number of nitrogens with zero attached hydrogens (tertiary/aromatic N) is 2. The number of carbonyl (C=O) groups is 1. The van der Waals surface area contributed by atoms with Crippen LogP contribution in [0.5, 0.6) is 0 Å². The summed E-state index contributed by atoms with van der Waals surface area (Å²) in [4.78, 5) is 24.6. The smallest absolute Gasteiger partial charge is 0.268 e. The van der Waals surface area contributed by atoms with E-state index in [1.807, 2.05) is 49.4 Å². The second-order valence-corrected chi connectivity index (χ2v) is 6.99. The van der Waals surface area contributed by atoms with Gasteiger partial charge in [0.25, 0.3) is 5.56 Å². The van der Waals surface area contributed by atoms with E-state index in [-0.39, 0.29) is 23.9 Å². The van der Waals surface area contributed by atoms with Crippen molar-refractivity contribution >= 4 is 33.4 Å². The number of benzene rings is 2. The Morgan fingerprint density at radius 1 is 1.19 bits per heavy atom. The summed E-state index contributed by atoms with van der Waals surface area (Å²) >= 11 is 1.26. The fourth-order valence-electron chi connectivity index (χ4n) is 2.70. The van der Waals surface area contributed by atoms with Crippen molar-refractivity contribution < 1.29 is 9.32 Å². The number of fused-ring (bicyclic) bond motifs is 1. The first-order chi connectivity index (χ1) is 12.6. The van der Waals surface area contributed by atoms with Crippen molar-refractivity contribution in [2.75, 3.05) is 5.32 Å². The number of carbonyl (C=O) groups excluding carboxylic acids is 1. The molecule has 0 aliphatic carbocycles. The highest BCUT2D eigenvalue weighted by Gasteiger charge is 2.13. The average molecular weight is 365 g/mol. The molecule has 0 spiro atoms. The van der Waals surface area contributed by atoms with E-state index in [2.05, 4.69) is 10.5 Å². The summed E-state index contributed by atoms with van der Waals surface area (Å²) in [5.74, 6) is -0.0914. The molecule has 0 aliphatic heterocycles. The Kier molecular flexibility index (Phi) is 4.14. The van der Waals surface area contributed by atoms with Crippen molar-refractivity contribution in [1.29, 1.82) is 0 Å². The van der Waals surface area contributed by atoms with Crippen LogP contribution >= 0.6 is 11.5 Å². The van der Waals surface area contributed by atoms with Gasteiger partial charge in [-0.15, -0.1) is 0 Å². The van der Waals surface area contributed by atoms with Crippen LogP contribution in [0, 0.1) is 6.92 Å². The van der Waals surface area contributed by atoms with Crippen LogP contribution in [0.1, 0.15) is 5.56 Å². The van der Waals surface area contributed by atoms with Crippen LogP contribution in [0.3, 0.4) is 0 Å². The van der Waals surface area contributed by atoms with E-state index in [4.69, 9.17) is 4.52 Å². The molecule has 0 unspecified atom stereocenters. The number of anilines is 1. The largest absolute Gasteiger partial charge is 0.338 e. The number of amides is 1. The quantitative estimate of drug-likeness (QED) is 0.599. The molecule has 130 valence electrons. The maximum absolute atomic E-state index is 12.3. The van der Waals surface area contributed by atoms with Gasteiger partial charge in [-0.05, 0) is 25.1 Å². The topological polar surface area (TPSA) is 77.1 Å². The third-order valence-corrected chi connectivity index (χ3v) is 4.99. The molecule has 1 N–H and O–H groups in total. The zero-order valence-corrected chi connectivity index (χ0v) is 14.7. The molecule has 7 heteroatoms. The predicted molar refractivity (Wildman–Crippen MR) is 101 cm³/mol. The van der Waals surface area contributed by atoms with Crippen LogP contribution < -0.4 is 10.9 Å². The molecular weight excluding hydrogens is 350 g/mol. The van der Waals surface area contributed by atoms with E-state index < -0.39 is 0 Å². The van der Waals surface area contributed by atoms with Crippen molar-refractivity contribution in [1.82, 2.24) is 9.11 Å². The molecule has 0 saturated heterocycles. The number of aromatic nitrogens is 2. The Labute approximate surface area is 152 Å². The highest BCUT2D eigenvalue weighted by atomic mass is 32.1. The lowest BCUT2D eigenvalue weighted by Gasteiger charge is -2.00. The Morgan fingerprint density at radius 3 is 2.85 bits per heavy atom. The molecule has 0 radical (unpaired) electrons. The van der Waals surface area contributed by atoms with Crippen LogP contribution in [-0.4, -0.2) is 15.0 Å². The van der Waals surface area contributed by atoms with Crippen LogP contribution in [-0.2, 0) is 11.3 Å². The van der Waals surface area contributed by atoms with Crippen LogP contribution in [0.15, 0.2) is 63.9 Å². The first-order valence-corrected chi connectivity index (χ1v) is 8.80. The van der Waals surface area contributed by atoms with Crippen molar-refractivity contribution in [2.45, 2.75) is 13.5 Å². The monoisotopic (exact) mass is 365 g/mol. The first kappa shape index (κ1) is 16.3. The third kappa shape index (κ3) is 3.16. The molecule has 0 saturated carbocycles. The van der Waals surface area contributed by atoms with E-state index >= 15 is 0 Å². The summed E-state index contributed by atoms with van der Waals surface area (Å²) in [7, 11) is 0. The number of aryl methyl sites for hydroxylation is 1. The lowest BCUT2D eigenvalue weighted by Crippen LogP contribution is -2.23. The third-order valence-electron chi connectivity index (χ3n) is 3.93. The van der Waals surface area contributed by atoms with Gasteiger partial charge in [-0.2, -0.15) is 0 Å². The normalized spacial score (nSPS) is 11.0. The second kappa shape index (κ2) is 6.61. The zero-order valence-electron chi connectivity index (χ0n) is 13.9. The van der Waals surface area contributed by atoms with E-state index in [1.54, 1.807) is 12.1 Å². The van der Waals surface area contributed by atoms with Gasteiger partial charge in [0.05, 0.1) is 10.1 Å². The highest BCUT2D eigenvalue weighted by Crippen LogP contribution is 2.22. The van der Waals surface area contributed by atoms with Gasteiger partial charge in [-0.25, -0.2) is 0 Å². The second-order valence-electron chi connectivity index (χ2n) is 5.92. The van der Waals surface area contributed by atoms with Gasteiger partial charge in [0.1, 0.15) is 12.2 Å². The van der Waals surface area contributed by atoms with Gasteiger partial charge in [0.15, 0.2) is 0 Å². The van der Waals surface area contributed by atoms with Gasteiger partial charge < -0.3 is 4.52 Å². The Morgan fingerprint density at radius 2 is 2.04 bits per heavy atom. The van der Waals surface area contributed by atoms with Gasteiger partial charge >= 0.3 is 0 Å². The predicted octanol–water partition coefficient (Wildman–Crippen LogP) is 3.67. The lowest BCUT2D eigenvalue weighted by atomic mass is 10.1. The van der Waals surface area contributed by atoms with Crippen LogP contribution in [0.2, 0.25) is 0 Å². The van der Waals surface area contributed by atoms with Crippen molar-refractivity contribution in [2.24, 2.45) is 0 Å². The van der Waals surface area contributed by atoms with Crippen LogP contribution in [0.25, 0.3) is 21.3 Å². The molecule has 0 aliphatic rings. The molecular formula is C19H15N3O3S. The maximum atomic E-state index is 12.3. The van der Waals surface area contributed by atoms with Crippen molar-refractivity contribution in [3.63, 3.8) is 0 Å². The maximum Gasteiger partial charge on any atom is 0.268 e. The van der Waals surface area contributed by atoms with Crippen molar-refractivity contribution in [3.8, 4) is 11.3 Å². The van der Waals surface area contributed by atoms with Gasteiger partial charge in [0.2, 0.25) is 11.8 Å². The minimum Gasteiger partial charge on any atom is -0.338 e. The number of nitrogens with one attached hydrogen (secondary N) is 1. The lowest BCUT2D eigenvalue weighted by molar-refractivity contribution is -0.116. The van der Waals surface area contributed by atoms with Gasteiger partial charge in [-0.1, -0.05) is 52.6 Å². The summed E-state index contributed by atoms with van der Waals surface area (Å²) in [6, 6.07) is 16.8. The minimum atomic E-state index is -0.342. The molecule has 2 aromatic carbocycles. The molecule has 1 amide bonds. The summed E-state index contributed by atoms with van der Waals surface area (Å²) < 4.78 is 7.47. The van der Waals surface area contributed by atoms with Gasteiger partial charge in [-0.3, -0.25) is 18.9 Å². The Bertz CT molecular complexity index is 1160. The molecule has 0 fully saturated rings. The molecule has 0 bridgehead atoms.